The number of aryl methyl sites for hydroxylation is 2. The molecule has 0 saturated heterocycles. The van der Waals surface area contributed by atoms with E-state index >= 15 is 0 Å². The summed E-state index contributed by atoms with van der Waals surface area (Å²) in [5.74, 6) is 0.898. The first-order valence-corrected chi connectivity index (χ1v) is 9.37. The zero-order valence-electron chi connectivity index (χ0n) is 15.9. The lowest BCUT2D eigenvalue weighted by Gasteiger charge is -2.12. The second kappa shape index (κ2) is 7.44. The van der Waals surface area contributed by atoms with Crippen molar-refractivity contribution in [3.63, 3.8) is 0 Å². The van der Waals surface area contributed by atoms with Crippen molar-refractivity contribution >= 4 is 17.0 Å². The molecule has 0 bridgehead atoms. The van der Waals surface area contributed by atoms with Gasteiger partial charge in [-0.3, -0.25) is 9.89 Å². The van der Waals surface area contributed by atoms with Crippen molar-refractivity contribution in [3.8, 4) is 0 Å². The molecule has 1 aromatic carbocycles. The van der Waals surface area contributed by atoms with Gasteiger partial charge in [-0.2, -0.15) is 9.50 Å². The molecule has 0 radical (unpaired) electrons. The van der Waals surface area contributed by atoms with Gasteiger partial charge in [-0.15, -0.1) is 0 Å². The topological polar surface area (TPSA) is 95.3 Å². The molecule has 1 aliphatic carbocycles. The van der Waals surface area contributed by atoms with E-state index < -0.39 is 6.10 Å². The van der Waals surface area contributed by atoms with Crippen LogP contribution in [0.15, 0.2) is 47.3 Å². The summed E-state index contributed by atoms with van der Waals surface area (Å²) < 4.78 is 1.34. The highest BCUT2D eigenvalue weighted by atomic mass is 16.3. The van der Waals surface area contributed by atoms with Gasteiger partial charge in [-0.05, 0) is 37.8 Å². The van der Waals surface area contributed by atoms with Crippen LogP contribution in [0.4, 0.5) is 5.69 Å². The molecule has 1 atom stereocenters. The molecule has 144 valence electrons. The number of aliphatic hydroxyl groups excluding tert-OH is 1. The second-order valence-corrected chi connectivity index (χ2v) is 7.08. The monoisotopic (exact) mass is 377 g/mol. The molecule has 0 spiro atoms. The van der Waals surface area contributed by atoms with Crippen LogP contribution in [0.5, 0.6) is 0 Å². The third-order valence-electron chi connectivity index (χ3n) is 4.91. The number of aliphatic hydroxyl groups is 1. The van der Waals surface area contributed by atoms with E-state index in [0.717, 1.165) is 28.8 Å². The summed E-state index contributed by atoms with van der Waals surface area (Å²) in [5.41, 5.74) is 4.62. The number of anilines is 1. The number of benzene rings is 1. The van der Waals surface area contributed by atoms with Gasteiger partial charge in [0.25, 0.3) is 11.3 Å². The molecule has 7 heteroatoms. The number of hydrogen-bond donors (Lipinski definition) is 3. The Morgan fingerprint density at radius 2 is 2.07 bits per heavy atom. The molecule has 7 nitrogen and oxygen atoms in total. The summed E-state index contributed by atoms with van der Waals surface area (Å²) in [4.78, 5) is 21.5. The van der Waals surface area contributed by atoms with Gasteiger partial charge in [-0.1, -0.05) is 36.4 Å². The fourth-order valence-corrected chi connectivity index (χ4v) is 3.38. The smallest absolute Gasteiger partial charge is 0.274 e. The van der Waals surface area contributed by atoms with Crippen LogP contribution in [0.3, 0.4) is 0 Å². The molecule has 1 unspecified atom stereocenters. The zero-order valence-corrected chi connectivity index (χ0v) is 15.9. The van der Waals surface area contributed by atoms with Gasteiger partial charge < -0.3 is 10.4 Å². The number of aromatic nitrogens is 4. The van der Waals surface area contributed by atoms with Gasteiger partial charge in [0, 0.05) is 17.3 Å². The fraction of sp³-hybridized carbons (Fsp3) is 0.286. The van der Waals surface area contributed by atoms with Crippen LogP contribution in [-0.2, 0) is 6.54 Å². The van der Waals surface area contributed by atoms with Gasteiger partial charge in [0.2, 0.25) is 0 Å². The van der Waals surface area contributed by atoms with Gasteiger partial charge in [-0.25, -0.2) is 4.98 Å². The Morgan fingerprint density at radius 1 is 1.29 bits per heavy atom. The predicted octanol–water partition coefficient (Wildman–Crippen LogP) is 2.74. The van der Waals surface area contributed by atoms with Gasteiger partial charge >= 0.3 is 0 Å². The first kappa shape index (κ1) is 18.2. The number of allylic oxidation sites excluding steroid dienone is 3. The minimum Gasteiger partial charge on any atom is -0.389 e. The third kappa shape index (κ3) is 3.61. The van der Waals surface area contributed by atoms with E-state index in [1.807, 2.05) is 44.2 Å². The Morgan fingerprint density at radius 3 is 2.86 bits per heavy atom. The van der Waals surface area contributed by atoms with E-state index in [0.29, 0.717) is 30.3 Å². The molecular formula is C21H23N5O2. The van der Waals surface area contributed by atoms with E-state index in [1.54, 1.807) is 6.08 Å². The van der Waals surface area contributed by atoms with Crippen molar-refractivity contribution < 1.29 is 5.11 Å². The van der Waals surface area contributed by atoms with Crippen LogP contribution in [-0.4, -0.2) is 30.8 Å². The molecule has 3 N–H and O–H groups in total. The van der Waals surface area contributed by atoms with Crippen molar-refractivity contribution in [2.75, 3.05) is 5.32 Å². The van der Waals surface area contributed by atoms with Crippen LogP contribution in [0.1, 0.15) is 35.5 Å². The molecule has 4 rings (SSSR count). The first-order chi connectivity index (χ1) is 13.5. The summed E-state index contributed by atoms with van der Waals surface area (Å²) in [6.07, 6.45) is 6.52. The summed E-state index contributed by atoms with van der Waals surface area (Å²) >= 11 is 0. The lowest BCUT2D eigenvalue weighted by Crippen LogP contribution is -2.17. The summed E-state index contributed by atoms with van der Waals surface area (Å²) in [6, 6.07) is 7.63. The zero-order chi connectivity index (χ0) is 19.7. The summed E-state index contributed by atoms with van der Waals surface area (Å²) in [6.45, 7) is 4.53. The third-order valence-corrected chi connectivity index (χ3v) is 4.91. The molecule has 0 saturated carbocycles. The standard InChI is InChI=1S/C21H23N5O2/c1-13-5-3-6-14(2)19(13)22-12-16-11-18(28)26-21(23-16)24-20(25-26)15-7-4-8-17(27)10-9-15/h3,5-7,9-11,17,22,27H,4,8,12H2,1-2H3,(H,23,24,25). The molecule has 28 heavy (non-hydrogen) atoms. The van der Waals surface area contributed by atoms with E-state index in [4.69, 9.17) is 0 Å². The molecule has 2 aromatic heterocycles. The maximum Gasteiger partial charge on any atom is 0.274 e. The summed E-state index contributed by atoms with van der Waals surface area (Å²) in [7, 11) is 0. The lowest BCUT2D eigenvalue weighted by molar-refractivity contribution is 0.215. The number of fused-ring (bicyclic) bond motifs is 1. The number of nitrogens with one attached hydrogen (secondary N) is 2. The van der Waals surface area contributed by atoms with E-state index in [9.17, 15) is 9.90 Å². The predicted molar refractivity (Wildman–Crippen MR) is 109 cm³/mol. The SMILES string of the molecule is Cc1cccc(C)c1NCc1cc(=O)n2[nH]c(C3=CCCC(O)C=C3)nc2n1. The van der Waals surface area contributed by atoms with E-state index in [1.165, 1.54) is 10.6 Å². The van der Waals surface area contributed by atoms with E-state index in [2.05, 4.69) is 20.4 Å². The number of rotatable bonds is 4. The summed E-state index contributed by atoms with van der Waals surface area (Å²) in [5, 5.41) is 16.1. The molecule has 2 heterocycles. The molecule has 0 amide bonds. The van der Waals surface area contributed by atoms with Gasteiger partial charge in [0.1, 0.15) is 0 Å². The Labute approximate surface area is 162 Å². The quantitative estimate of drug-likeness (QED) is 0.650. The highest BCUT2D eigenvalue weighted by Gasteiger charge is 2.12. The van der Waals surface area contributed by atoms with E-state index in [-0.39, 0.29) is 5.56 Å². The number of aromatic amines is 1. The van der Waals surface area contributed by atoms with Crippen molar-refractivity contribution in [3.05, 3.63) is 75.5 Å². The Bertz CT molecular complexity index is 1120. The molecule has 1 aliphatic rings. The number of H-pyrrole nitrogens is 1. The van der Waals surface area contributed by atoms with Crippen molar-refractivity contribution in [2.45, 2.75) is 39.3 Å². The normalized spacial score (nSPS) is 16.8. The number of para-hydroxylation sites is 1. The molecular weight excluding hydrogens is 354 g/mol. The Kier molecular flexibility index (Phi) is 4.83. The average Bonchev–Trinajstić information content (AvgIpc) is 2.97. The first-order valence-electron chi connectivity index (χ1n) is 9.37. The van der Waals surface area contributed by atoms with Crippen LogP contribution in [0.2, 0.25) is 0 Å². The number of nitrogens with zero attached hydrogens (tertiary/aromatic N) is 3. The Hall–Kier alpha value is -3.19. The van der Waals surface area contributed by atoms with Crippen molar-refractivity contribution in [1.82, 2.24) is 19.6 Å². The van der Waals surface area contributed by atoms with Crippen LogP contribution < -0.4 is 10.9 Å². The van der Waals surface area contributed by atoms with Gasteiger partial charge in [0.15, 0.2) is 5.82 Å². The highest BCUT2D eigenvalue weighted by molar-refractivity contribution is 5.70. The van der Waals surface area contributed by atoms with Crippen LogP contribution in [0.25, 0.3) is 11.4 Å². The van der Waals surface area contributed by atoms with Crippen LogP contribution in [0, 0.1) is 13.8 Å². The minimum absolute atomic E-state index is 0.208. The maximum atomic E-state index is 12.5. The Balaban J connectivity index is 1.63. The highest BCUT2D eigenvalue weighted by Crippen LogP contribution is 2.20. The van der Waals surface area contributed by atoms with Crippen LogP contribution >= 0.6 is 0 Å². The van der Waals surface area contributed by atoms with Gasteiger partial charge in [0.05, 0.1) is 18.3 Å². The molecule has 0 fully saturated rings. The second-order valence-electron chi connectivity index (χ2n) is 7.08. The maximum absolute atomic E-state index is 12.5. The van der Waals surface area contributed by atoms with Crippen molar-refractivity contribution in [2.24, 2.45) is 0 Å². The minimum atomic E-state index is -0.457. The largest absolute Gasteiger partial charge is 0.389 e. The molecule has 0 aliphatic heterocycles. The van der Waals surface area contributed by atoms with Crippen molar-refractivity contribution in [1.29, 1.82) is 0 Å². The lowest BCUT2D eigenvalue weighted by atomic mass is 10.1. The number of hydrogen-bond acceptors (Lipinski definition) is 5. The molecule has 3 aromatic rings. The fourth-order valence-electron chi connectivity index (χ4n) is 3.38. The average molecular weight is 377 g/mol.